The molecule has 2 aromatic rings. The summed E-state index contributed by atoms with van der Waals surface area (Å²) in [5, 5.41) is 21.1. The van der Waals surface area contributed by atoms with E-state index in [9.17, 15) is 24.8 Å². The third kappa shape index (κ3) is 3.20. The topological polar surface area (TPSA) is 110 Å². The molecule has 1 atom stereocenters. The number of aliphatic hydroxyl groups is 1. The molecule has 1 aliphatic rings. The number of amides is 2. The van der Waals surface area contributed by atoms with Gasteiger partial charge in [-0.1, -0.05) is 24.3 Å². The number of carbonyl (C=O) groups is 2. The van der Waals surface area contributed by atoms with Crippen LogP contribution in [-0.4, -0.2) is 46.0 Å². The summed E-state index contributed by atoms with van der Waals surface area (Å²) < 4.78 is 5.38. The molecular weight excluding hydrogens is 328 g/mol. The molecular formula is C17H14N2O6. The molecule has 2 aromatic carbocycles. The molecule has 8 nitrogen and oxygen atoms in total. The Morgan fingerprint density at radius 1 is 1.08 bits per heavy atom. The van der Waals surface area contributed by atoms with Crippen molar-refractivity contribution >= 4 is 17.5 Å². The van der Waals surface area contributed by atoms with E-state index in [0.29, 0.717) is 5.75 Å². The molecule has 0 aliphatic carbocycles. The first-order chi connectivity index (χ1) is 12.0. The van der Waals surface area contributed by atoms with Gasteiger partial charge in [0.1, 0.15) is 24.0 Å². The third-order valence-corrected chi connectivity index (χ3v) is 3.75. The monoisotopic (exact) mass is 342 g/mol. The van der Waals surface area contributed by atoms with E-state index < -0.39 is 28.5 Å². The number of ether oxygens (including phenoxy) is 1. The number of hydrogen-bond acceptors (Lipinski definition) is 6. The smallest absolute Gasteiger partial charge is 0.282 e. The Balaban J connectivity index is 1.71. The highest BCUT2D eigenvalue weighted by atomic mass is 16.6. The minimum absolute atomic E-state index is 0.0321. The number of benzene rings is 2. The first kappa shape index (κ1) is 16.6. The van der Waals surface area contributed by atoms with Crippen LogP contribution in [0.4, 0.5) is 5.69 Å². The van der Waals surface area contributed by atoms with Crippen molar-refractivity contribution in [3.63, 3.8) is 0 Å². The number of para-hydroxylation sites is 1. The molecule has 3 rings (SSSR count). The van der Waals surface area contributed by atoms with Crippen LogP contribution in [-0.2, 0) is 0 Å². The lowest BCUT2D eigenvalue weighted by Crippen LogP contribution is -2.39. The second-order valence-corrected chi connectivity index (χ2v) is 5.46. The summed E-state index contributed by atoms with van der Waals surface area (Å²) in [5.41, 5.74) is -0.697. The molecule has 1 aliphatic heterocycles. The fourth-order valence-corrected chi connectivity index (χ4v) is 2.61. The molecule has 0 saturated heterocycles. The Bertz CT molecular complexity index is 836. The molecule has 8 heteroatoms. The van der Waals surface area contributed by atoms with Gasteiger partial charge in [-0.2, -0.15) is 0 Å². The van der Waals surface area contributed by atoms with Crippen LogP contribution in [0.2, 0.25) is 0 Å². The van der Waals surface area contributed by atoms with Crippen molar-refractivity contribution in [2.24, 2.45) is 0 Å². The third-order valence-electron chi connectivity index (χ3n) is 3.75. The van der Waals surface area contributed by atoms with Gasteiger partial charge in [0, 0.05) is 6.07 Å². The number of nitro groups is 1. The van der Waals surface area contributed by atoms with Gasteiger partial charge in [-0.15, -0.1) is 0 Å². The number of aliphatic hydroxyl groups excluding tert-OH is 1. The lowest BCUT2D eigenvalue weighted by Gasteiger charge is -2.18. The van der Waals surface area contributed by atoms with Gasteiger partial charge in [0.25, 0.3) is 17.5 Å². The summed E-state index contributed by atoms with van der Waals surface area (Å²) in [5.74, 6) is -0.909. The zero-order valence-corrected chi connectivity index (χ0v) is 13.0. The summed E-state index contributed by atoms with van der Waals surface area (Å²) in [6.07, 6.45) is -1.12. The van der Waals surface area contributed by atoms with Crippen LogP contribution >= 0.6 is 0 Å². The molecule has 1 heterocycles. The second kappa shape index (κ2) is 6.70. The minimum Gasteiger partial charge on any atom is -0.491 e. The largest absolute Gasteiger partial charge is 0.491 e. The van der Waals surface area contributed by atoms with E-state index in [4.69, 9.17) is 4.74 Å². The van der Waals surface area contributed by atoms with Gasteiger partial charge < -0.3 is 9.84 Å². The number of nitro benzene ring substituents is 1. The summed E-state index contributed by atoms with van der Waals surface area (Å²) in [7, 11) is 0. The minimum atomic E-state index is -1.12. The van der Waals surface area contributed by atoms with E-state index in [-0.39, 0.29) is 24.3 Å². The summed E-state index contributed by atoms with van der Waals surface area (Å²) >= 11 is 0. The number of nitrogens with zero attached hydrogens (tertiary/aromatic N) is 2. The molecule has 0 aromatic heterocycles. The van der Waals surface area contributed by atoms with Crippen LogP contribution < -0.4 is 4.74 Å². The molecule has 0 saturated carbocycles. The molecule has 0 spiro atoms. The van der Waals surface area contributed by atoms with E-state index in [0.717, 1.165) is 4.90 Å². The Hall–Kier alpha value is -3.26. The molecule has 128 valence electrons. The van der Waals surface area contributed by atoms with Crippen molar-refractivity contribution < 1.29 is 24.4 Å². The first-order valence-electron chi connectivity index (χ1n) is 7.48. The van der Waals surface area contributed by atoms with Gasteiger partial charge in [-0.25, -0.2) is 0 Å². The standard InChI is InChI=1S/C17H14N2O6/c20-11(10-25-12-5-2-1-3-6-12)9-18-16(21)13-7-4-8-14(19(23)24)15(13)17(18)22/h1-8,11,20H,9-10H2/t11-/m1/s1. The Morgan fingerprint density at radius 2 is 1.80 bits per heavy atom. The van der Waals surface area contributed by atoms with Crippen LogP contribution in [0.5, 0.6) is 5.75 Å². The fraction of sp³-hybridized carbons (Fsp3) is 0.176. The van der Waals surface area contributed by atoms with Crippen LogP contribution in [0.25, 0.3) is 0 Å². The van der Waals surface area contributed by atoms with E-state index in [1.54, 1.807) is 24.3 Å². The van der Waals surface area contributed by atoms with E-state index >= 15 is 0 Å². The van der Waals surface area contributed by atoms with Gasteiger partial charge in [-0.05, 0) is 18.2 Å². The average molecular weight is 342 g/mol. The molecule has 25 heavy (non-hydrogen) atoms. The van der Waals surface area contributed by atoms with E-state index in [1.807, 2.05) is 6.07 Å². The first-order valence-corrected chi connectivity index (χ1v) is 7.48. The van der Waals surface area contributed by atoms with Crippen LogP contribution in [0, 0.1) is 10.1 Å². The van der Waals surface area contributed by atoms with Crippen molar-refractivity contribution in [2.45, 2.75) is 6.10 Å². The normalized spacial score (nSPS) is 14.4. The number of imide groups is 1. The van der Waals surface area contributed by atoms with Crippen LogP contribution in [0.3, 0.4) is 0 Å². The molecule has 0 radical (unpaired) electrons. The number of hydrogen-bond donors (Lipinski definition) is 1. The lowest BCUT2D eigenvalue weighted by molar-refractivity contribution is -0.385. The summed E-state index contributed by atoms with van der Waals surface area (Å²) in [4.78, 5) is 35.9. The molecule has 0 bridgehead atoms. The summed E-state index contributed by atoms with van der Waals surface area (Å²) in [6, 6.07) is 12.6. The Morgan fingerprint density at radius 3 is 2.48 bits per heavy atom. The molecule has 2 amide bonds. The molecule has 1 N–H and O–H groups in total. The fourth-order valence-electron chi connectivity index (χ4n) is 2.61. The van der Waals surface area contributed by atoms with Gasteiger partial charge in [0.05, 0.1) is 17.0 Å². The van der Waals surface area contributed by atoms with Gasteiger partial charge in [-0.3, -0.25) is 24.6 Å². The van der Waals surface area contributed by atoms with Gasteiger partial charge in [0.15, 0.2) is 0 Å². The van der Waals surface area contributed by atoms with Gasteiger partial charge in [0.2, 0.25) is 0 Å². The average Bonchev–Trinajstić information content (AvgIpc) is 2.86. The van der Waals surface area contributed by atoms with E-state index in [2.05, 4.69) is 0 Å². The Kier molecular flexibility index (Phi) is 4.44. The zero-order valence-electron chi connectivity index (χ0n) is 13.0. The number of β-amino-alcohol motifs (C(OH)–C–C–N with tert-alkyl or cyclic N) is 1. The highest BCUT2D eigenvalue weighted by molar-refractivity contribution is 6.23. The lowest BCUT2D eigenvalue weighted by atomic mass is 10.1. The van der Waals surface area contributed by atoms with Crippen LogP contribution in [0.15, 0.2) is 48.5 Å². The summed E-state index contributed by atoms with van der Waals surface area (Å²) in [6.45, 7) is -0.435. The number of carbonyl (C=O) groups excluding carboxylic acids is 2. The maximum Gasteiger partial charge on any atom is 0.282 e. The van der Waals surface area contributed by atoms with Crippen LogP contribution in [0.1, 0.15) is 20.7 Å². The van der Waals surface area contributed by atoms with Crippen molar-refractivity contribution in [1.82, 2.24) is 4.90 Å². The van der Waals surface area contributed by atoms with Crippen molar-refractivity contribution in [2.75, 3.05) is 13.2 Å². The quantitative estimate of drug-likeness (QED) is 0.485. The predicted molar refractivity (Wildman–Crippen MR) is 86.4 cm³/mol. The maximum atomic E-state index is 12.4. The molecule has 0 fully saturated rings. The SMILES string of the molecule is O=C1c2cccc([N+](=O)[O-])c2C(=O)N1C[C@@H](O)COc1ccccc1. The molecule has 0 unspecified atom stereocenters. The maximum absolute atomic E-state index is 12.4. The highest BCUT2D eigenvalue weighted by Crippen LogP contribution is 2.30. The zero-order chi connectivity index (χ0) is 18.0. The van der Waals surface area contributed by atoms with Crippen molar-refractivity contribution in [1.29, 1.82) is 0 Å². The second-order valence-electron chi connectivity index (χ2n) is 5.46. The Labute approximate surface area is 142 Å². The predicted octanol–water partition coefficient (Wildman–Crippen LogP) is 1.63. The van der Waals surface area contributed by atoms with Crippen molar-refractivity contribution in [3.05, 3.63) is 69.8 Å². The van der Waals surface area contributed by atoms with Crippen molar-refractivity contribution in [3.8, 4) is 5.75 Å². The number of rotatable bonds is 6. The van der Waals surface area contributed by atoms with E-state index in [1.165, 1.54) is 18.2 Å². The van der Waals surface area contributed by atoms with Gasteiger partial charge >= 0.3 is 0 Å². The number of fused-ring (bicyclic) bond motifs is 1. The highest BCUT2D eigenvalue weighted by Gasteiger charge is 2.41.